The van der Waals surface area contributed by atoms with E-state index in [0.717, 1.165) is 54.0 Å². The highest BCUT2D eigenvalue weighted by molar-refractivity contribution is 5.80. The van der Waals surface area contributed by atoms with Crippen LogP contribution in [0.1, 0.15) is 24.5 Å². The average molecular weight is 348 g/mol. The minimum atomic E-state index is -0.255. The number of halogens is 1. The van der Waals surface area contributed by atoms with Crippen molar-refractivity contribution in [1.29, 1.82) is 0 Å². The van der Waals surface area contributed by atoms with Gasteiger partial charge in [0, 0.05) is 29.4 Å². The number of likely N-dealkylation sites (tertiary alicyclic amines) is 1. The molecular formula is C21H21FN4. The van der Waals surface area contributed by atoms with Crippen LogP contribution >= 0.6 is 0 Å². The molecular weight excluding hydrogens is 327 g/mol. The van der Waals surface area contributed by atoms with Crippen LogP contribution in [0.5, 0.6) is 0 Å². The molecule has 0 saturated carbocycles. The number of hydrogen-bond acceptors (Lipinski definition) is 4. The second-order valence-corrected chi connectivity index (χ2v) is 6.85. The summed E-state index contributed by atoms with van der Waals surface area (Å²) < 4.78 is 13.3. The maximum Gasteiger partial charge on any atom is 0.123 e. The van der Waals surface area contributed by atoms with Gasteiger partial charge in [0.1, 0.15) is 11.5 Å². The molecule has 1 saturated heterocycles. The van der Waals surface area contributed by atoms with E-state index in [2.05, 4.69) is 33.2 Å². The van der Waals surface area contributed by atoms with Gasteiger partial charge in [0.25, 0.3) is 0 Å². The van der Waals surface area contributed by atoms with Gasteiger partial charge in [0.2, 0.25) is 0 Å². The van der Waals surface area contributed by atoms with E-state index in [0.29, 0.717) is 5.92 Å². The molecule has 1 aliphatic heterocycles. The molecule has 0 amide bonds. The number of nitrogens with zero attached hydrogens (tertiary/aromatic N) is 4. The molecule has 2 aromatic heterocycles. The Hall–Kier alpha value is -2.66. The van der Waals surface area contributed by atoms with E-state index in [9.17, 15) is 4.39 Å². The third kappa shape index (κ3) is 3.48. The summed E-state index contributed by atoms with van der Waals surface area (Å²) in [4.78, 5) is 6.46. The molecule has 132 valence electrons. The molecule has 1 aliphatic rings. The van der Waals surface area contributed by atoms with Gasteiger partial charge >= 0.3 is 0 Å². The Morgan fingerprint density at radius 2 is 1.62 bits per heavy atom. The Labute approximate surface area is 152 Å². The topological polar surface area (TPSA) is 41.9 Å². The van der Waals surface area contributed by atoms with E-state index in [1.807, 2.05) is 12.1 Å². The Morgan fingerprint density at radius 3 is 2.31 bits per heavy atom. The highest BCUT2D eigenvalue weighted by Crippen LogP contribution is 2.34. The van der Waals surface area contributed by atoms with Gasteiger partial charge in [0.15, 0.2) is 0 Å². The van der Waals surface area contributed by atoms with Gasteiger partial charge in [-0.1, -0.05) is 0 Å². The van der Waals surface area contributed by atoms with Gasteiger partial charge in [-0.05, 0) is 81.0 Å². The van der Waals surface area contributed by atoms with Crippen LogP contribution in [0.4, 0.5) is 4.39 Å². The van der Waals surface area contributed by atoms with Crippen molar-refractivity contribution < 1.29 is 4.39 Å². The van der Waals surface area contributed by atoms with Crippen LogP contribution in [0.2, 0.25) is 0 Å². The number of rotatable bonds is 3. The molecule has 1 aromatic carbocycles. The van der Waals surface area contributed by atoms with Gasteiger partial charge in [-0.15, -0.1) is 5.10 Å². The van der Waals surface area contributed by atoms with Crippen molar-refractivity contribution >= 4 is 0 Å². The van der Waals surface area contributed by atoms with Crippen molar-refractivity contribution in [2.45, 2.75) is 18.8 Å². The Kier molecular flexibility index (Phi) is 4.71. The Morgan fingerprint density at radius 1 is 0.923 bits per heavy atom. The zero-order valence-electron chi connectivity index (χ0n) is 14.8. The number of hydrogen-bond donors (Lipinski definition) is 0. The maximum absolute atomic E-state index is 13.3. The fourth-order valence-corrected chi connectivity index (χ4v) is 3.48. The van der Waals surface area contributed by atoms with Gasteiger partial charge < -0.3 is 4.90 Å². The van der Waals surface area contributed by atoms with Crippen molar-refractivity contribution in [2.24, 2.45) is 0 Å². The van der Waals surface area contributed by atoms with Crippen LogP contribution in [-0.4, -0.2) is 40.2 Å². The molecule has 0 atom stereocenters. The first-order valence-corrected chi connectivity index (χ1v) is 8.93. The van der Waals surface area contributed by atoms with Gasteiger partial charge in [-0.25, -0.2) is 4.39 Å². The molecule has 0 spiro atoms. The van der Waals surface area contributed by atoms with Crippen molar-refractivity contribution in [3.63, 3.8) is 0 Å². The predicted octanol–water partition coefficient (Wildman–Crippen LogP) is 4.15. The van der Waals surface area contributed by atoms with E-state index in [-0.39, 0.29) is 5.82 Å². The zero-order chi connectivity index (χ0) is 17.9. The average Bonchev–Trinajstić information content (AvgIpc) is 2.69. The highest BCUT2D eigenvalue weighted by Gasteiger charge is 2.22. The van der Waals surface area contributed by atoms with Crippen molar-refractivity contribution in [1.82, 2.24) is 20.1 Å². The summed E-state index contributed by atoms with van der Waals surface area (Å²) in [5.41, 5.74) is 4.73. The smallest absolute Gasteiger partial charge is 0.123 e. The molecule has 0 N–H and O–H groups in total. The minimum Gasteiger partial charge on any atom is -0.306 e. The normalized spacial score (nSPS) is 15.9. The lowest BCUT2D eigenvalue weighted by Gasteiger charge is -2.28. The van der Waals surface area contributed by atoms with Crippen LogP contribution in [-0.2, 0) is 0 Å². The van der Waals surface area contributed by atoms with Crippen LogP contribution < -0.4 is 0 Å². The van der Waals surface area contributed by atoms with E-state index in [1.165, 1.54) is 12.1 Å². The van der Waals surface area contributed by atoms with Gasteiger partial charge in [0.05, 0.1) is 5.69 Å². The molecule has 1 fully saturated rings. The second kappa shape index (κ2) is 7.30. The molecule has 26 heavy (non-hydrogen) atoms. The summed E-state index contributed by atoms with van der Waals surface area (Å²) in [6.45, 7) is 2.16. The fraction of sp³-hybridized carbons (Fsp3) is 0.286. The Balaban J connectivity index is 1.78. The van der Waals surface area contributed by atoms with E-state index in [4.69, 9.17) is 0 Å². The summed E-state index contributed by atoms with van der Waals surface area (Å²) in [5.74, 6) is 0.177. The first-order valence-electron chi connectivity index (χ1n) is 8.93. The molecule has 5 heteroatoms. The predicted molar refractivity (Wildman–Crippen MR) is 100 cm³/mol. The van der Waals surface area contributed by atoms with Crippen LogP contribution in [0.15, 0.2) is 54.9 Å². The fourth-order valence-electron chi connectivity index (χ4n) is 3.48. The van der Waals surface area contributed by atoms with Crippen LogP contribution in [0, 0.1) is 5.82 Å². The second-order valence-electron chi connectivity index (χ2n) is 6.85. The van der Waals surface area contributed by atoms with E-state index < -0.39 is 0 Å². The zero-order valence-corrected chi connectivity index (χ0v) is 14.8. The SMILES string of the molecule is CN1CCC(c2cc(-c3ccncc3)c(-c3ccc(F)cc3)nn2)CC1. The third-order valence-corrected chi connectivity index (χ3v) is 5.06. The number of benzene rings is 1. The molecule has 0 radical (unpaired) electrons. The largest absolute Gasteiger partial charge is 0.306 e. The Bertz CT molecular complexity index is 872. The van der Waals surface area contributed by atoms with Crippen LogP contribution in [0.3, 0.4) is 0 Å². The molecule has 0 bridgehead atoms. The van der Waals surface area contributed by atoms with Gasteiger partial charge in [-0.3, -0.25) is 4.98 Å². The van der Waals surface area contributed by atoms with E-state index >= 15 is 0 Å². The van der Waals surface area contributed by atoms with Crippen molar-refractivity contribution in [3.8, 4) is 22.4 Å². The number of aromatic nitrogens is 3. The maximum atomic E-state index is 13.3. The lowest BCUT2D eigenvalue weighted by Crippen LogP contribution is -2.29. The number of pyridine rings is 1. The van der Waals surface area contributed by atoms with Crippen molar-refractivity contribution in [3.05, 3.63) is 66.4 Å². The van der Waals surface area contributed by atoms with Crippen LogP contribution in [0.25, 0.3) is 22.4 Å². The van der Waals surface area contributed by atoms with Crippen molar-refractivity contribution in [2.75, 3.05) is 20.1 Å². The molecule has 4 rings (SSSR count). The van der Waals surface area contributed by atoms with E-state index in [1.54, 1.807) is 24.5 Å². The quantitative estimate of drug-likeness (QED) is 0.713. The molecule has 0 aliphatic carbocycles. The number of piperidine rings is 1. The standard InChI is InChI=1S/C21H21FN4/c1-26-12-8-16(9-13-26)20-14-19(15-6-10-23-11-7-15)21(25-24-20)17-2-4-18(22)5-3-17/h2-7,10-11,14,16H,8-9,12-13H2,1H3. The molecule has 0 unspecified atom stereocenters. The van der Waals surface area contributed by atoms with Gasteiger partial charge in [-0.2, -0.15) is 5.10 Å². The summed E-state index contributed by atoms with van der Waals surface area (Å²) in [6.07, 6.45) is 5.74. The lowest BCUT2D eigenvalue weighted by atomic mass is 9.91. The minimum absolute atomic E-state index is 0.255. The summed E-state index contributed by atoms with van der Waals surface area (Å²) in [5, 5.41) is 9.08. The monoisotopic (exact) mass is 348 g/mol. The summed E-state index contributed by atoms with van der Waals surface area (Å²) in [7, 11) is 2.15. The lowest BCUT2D eigenvalue weighted by molar-refractivity contribution is 0.253. The molecule has 3 aromatic rings. The first kappa shape index (κ1) is 16.8. The first-order chi connectivity index (χ1) is 12.7. The molecule has 4 nitrogen and oxygen atoms in total. The summed E-state index contributed by atoms with van der Waals surface area (Å²) >= 11 is 0. The molecule has 3 heterocycles. The third-order valence-electron chi connectivity index (χ3n) is 5.06. The highest BCUT2D eigenvalue weighted by atomic mass is 19.1. The summed E-state index contributed by atoms with van der Waals surface area (Å²) in [6, 6.07) is 12.5.